The van der Waals surface area contributed by atoms with Crippen LogP contribution < -0.4 is 5.32 Å². The fourth-order valence-electron chi connectivity index (χ4n) is 4.22. The van der Waals surface area contributed by atoms with Gasteiger partial charge in [-0.05, 0) is 62.1 Å². The summed E-state index contributed by atoms with van der Waals surface area (Å²) in [7, 11) is 0. The molecule has 5 nitrogen and oxygen atoms in total. The third-order valence-corrected chi connectivity index (χ3v) is 6.13. The number of carbonyl (C=O) groups excluding carboxylic acids is 1. The van der Waals surface area contributed by atoms with Crippen LogP contribution in [0.2, 0.25) is 0 Å². The topological polar surface area (TPSA) is 58.1 Å². The molecule has 32 heavy (non-hydrogen) atoms. The highest BCUT2D eigenvalue weighted by Gasteiger charge is 2.25. The second-order valence-corrected chi connectivity index (χ2v) is 8.54. The number of nitrogens with zero attached hydrogens (tertiary/aromatic N) is 3. The van der Waals surface area contributed by atoms with Crippen LogP contribution in [0.4, 0.5) is 4.39 Å². The summed E-state index contributed by atoms with van der Waals surface area (Å²) in [5.74, 6) is 0.568. The summed E-state index contributed by atoms with van der Waals surface area (Å²) in [6.45, 7) is 7.27. The number of carbonyl (C=O) groups is 1. The first-order valence-electron chi connectivity index (χ1n) is 11.1. The molecule has 0 saturated carbocycles. The lowest BCUT2D eigenvalue weighted by Gasteiger charge is -2.32. The van der Waals surface area contributed by atoms with Gasteiger partial charge in [-0.15, -0.1) is 0 Å². The summed E-state index contributed by atoms with van der Waals surface area (Å²) in [4.78, 5) is 24.3. The van der Waals surface area contributed by atoms with Crippen molar-refractivity contribution < 1.29 is 9.18 Å². The second kappa shape index (κ2) is 10.0. The summed E-state index contributed by atoms with van der Waals surface area (Å²) in [6, 6.07) is 14.6. The number of hydrogen-bond donors (Lipinski definition) is 1. The van der Waals surface area contributed by atoms with E-state index >= 15 is 0 Å². The van der Waals surface area contributed by atoms with E-state index in [1.165, 1.54) is 23.3 Å². The Morgan fingerprint density at radius 2 is 1.94 bits per heavy atom. The molecular formula is C26H29FN4O. The van der Waals surface area contributed by atoms with Crippen molar-refractivity contribution in [3.05, 3.63) is 94.3 Å². The molecule has 1 N–H and O–H groups in total. The molecule has 3 aromatic rings. The molecule has 4 rings (SSSR count). The summed E-state index contributed by atoms with van der Waals surface area (Å²) >= 11 is 0. The van der Waals surface area contributed by atoms with Crippen molar-refractivity contribution >= 4 is 5.91 Å². The van der Waals surface area contributed by atoms with Gasteiger partial charge in [0.15, 0.2) is 0 Å². The molecule has 6 heteroatoms. The van der Waals surface area contributed by atoms with Crippen LogP contribution in [0, 0.1) is 19.7 Å². The van der Waals surface area contributed by atoms with Gasteiger partial charge in [0.1, 0.15) is 11.6 Å². The number of rotatable bonds is 6. The van der Waals surface area contributed by atoms with E-state index < -0.39 is 0 Å². The van der Waals surface area contributed by atoms with Crippen LogP contribution in [0.3, 0.4) is 0 Å². The number of aromatic nitrogens is 2. The first-order chi connectivity index (χ1) is 15.5. The van der Waals surface area contributed by atoms with Gasteiger partial charge in [-0.25, -0.2) is 14.4 Å². The van der Waals surface area contributed by atoms with Gasteiger partial charge in [-0.2, -0.15) is 0 Å². The Balaban J connectivity index is 1.39. The van der Waals surface area contributed by atoms with Gasteiger partial charge in [0, 0.05) is 31.7 Å². The highest BCUT2D eigenvalue weighted by atomic mass is 19.1. The summed E-state index contributed by atoms with van der Waals surface area (Å²) in [5, 5.41) is 2.86. The molecular weight excluding hydrogens is 403 g/mol. The minimum atomic E-state index is -0.292. The largest absolute Gasteiger partial charge is 0.348 e. The van der Waals surface area contributed by atoms with Gasteiger partial charge in [-0.1, -0.05) is 36.4 Å². The number of likely N-dealkylation sites (tertiary alicyclic amines) is 1. The fourth-order valence-corrected chi connectivity index (χ4v) is 4.22. The fraction of sp³-hybridized carbons (Fsp3) is 0.346. The van der Waals surface area contributed by atoms with E-state index in [0.717, 1.165) is 43.9 Å². The van der Waals surface area contributed by atoms with Gasteiger partial charge < -0.3 is 5.32 Å². The zero-order valence-electron chi connectivity index (χ0n) is 18.6. The van der Waals surface area contributed by atoms with Gasteiger partial charge in [0.05, 0.1) is 11.3 Å². The molecule has 0 spiro atoms. The Bertz CT molecular complexity index is 1080. The van der Waals surface area contributed by atoms with Crippen molar-refractivity contribution in [3.63, 3.8) is 0 Å². The molecule has 1 aliphatic rings. The van der Waals surface area contributed by atoms with E-state index in [2.05, 4.69) is 46.4 Å². The second-order valence-electron chi connectivity index (χ2n) is 8.54. The molecule has 0 unspecified atom stereocenters. The molecule has 0 radical (unpaired) electrons. The van der Waals surface area contributed by atoms with Gasteiger partial charge >= 0.3 is 0 Å². The normalized spacial score (nSPS) is 16.7. The Morgan fingerprint density at radius 3 is 2.69 bits per heavy atom. The Kier molecular flexibility index (Phi) is 6.90. The number of aryl methyl sites for hydroxylation is 2. The van der Waals surface area contributed by atoms with Crippen LogP contribution in [0.25, 0.3) is 0 Å². The monoisotopic (exact) mass is 432 g/mol. The van der Waals surface area contributed by atoms with Gasteiger partial charge in [0.2, 0.25) is 0 Å². The maximum Gasteiger partial charge on any atom is 0.254 e. The molecule has 2 aromatic carbocycles. The van der Waals surface area contributed by atoms with Crippen LogP contribution in [0.1, 0.15) is 57.3 Å². The van der Waals surface area contributed by atoms with E-state index in [-0.39, 0.29) is 17.6 Å². The predicted molar refractivity (Wildman–Crippen MR) is 123 cm³/mol. The number of nitrogens with one attached hydrogen (secondary N) is 1. The van der Waals surface area contributed by atoms with E-state index in [1.54, 1.807) is 18.3 Å². The lowest BCUT2D eigenvalue weighted by atomic mass is 9.96. The number of piperidine rings is 1. The third kappa shape index (κ3) is 5.37. The number of halogens is 1. The highest BCUT2D eigenvalue weighted by Crippen LogP contribution is 2.26. The summed E-state index contributed by atoms with van der Waals surface area (Å²) < 4.78 is 13.0. The number of amides is 1. The molecule has 1 amide bonds. The first kappa shape index (κ1) is 22.1. The van der Waals surface area contributed by atoms with Crippen LogP contribution in [0.5, 0.6) is 0 Å². The Hall–Kier alpha value is -3.12. The van der Waals surface area contributed by atoms with E-state index in [0.29, 0.717) is 17.8 Å². The van der Waals surface area contributed by atoms with Gasteiger partial charge in [-0.3, -0.25) is 9.69 Å². The summed E-state index contributed by atoms with van der Waals surface area (Å²) in [5.41, 5.74) is 4.67. The molecule has 1 fully saturated rings. The lowest BCUT2D eigenvalue weighted by molar-refractivity contribution is 0.0949. The number of hydrogen-bond acceptors (Lipinski definition) is 4. The molecule has 1 atom stereocenters. The highest BCUT2D eigenvalue weighted by molar-refractivity contribution is 5.94. The molecule has 2 heterocycles. The standard InChI is InChI=1S/C26H29FN4O/c1-18-6-3-4-7-21(18)16-31-13-5-8-22(17-31)25-28-15-24(19(2)30-25)26(32)29-14-20-9-11-23(27)12-10-20/h3-4,6-7,9-12,15,22H,5,8,13-14,16-17H2,1-2H3,(H,29,32)/t22-/m0/s1. The molecule has 0 bridgehead atoms. The SMILES string of the molecule is Cc1ccccc1CN1CCC[C@H](c2ncc(C(=O)NCc3ccc(F)cc3)c(C)n2)C1. The quantitative estimate of drug-likeness (QED) is 0.621. The van der Waals surface area contributed by atoms with Crippen LogP contribution in [-0.2, 0) is 13.1 Å². The summed E-state index contributed by atoms with van der Waals surface area (Å²) in [6.07, 6.45) is 3.80. The minimum Gasteiger partial charge on any atom is -0.348 e. The van der Waals surface area contributed by atoms with Crippen molar-refractivity contribution in [2.75, 3.05) is 13.1 Å². The number of benzene rings is 2. The molecule has 1 saturated heterocycles. The average Bonchev–Trinajstić information content (AvgIpc) is 2.80. The Labute approximate surface area is 188 Å². The van der Waals surface area contributed by atoms with Crippen LogP contribution >= 0.6 is 0 Å². The molecule has 166 valence electrons. The lowest BCUT2D eigenvalue weighted by Crippen LogP contribution is -2.35. The third-order valence-electron chi connectivity index (χ3n) is 6.13. The van der Waals surface area contributed by atoms with E-state index in [1.807, 2.05) is 6.92 Å². The predicted octanol–water partition coefficient (Wildman–Crippen LogP) is 4.54. The van der Waals surface area contributed by atoms with Crippen LogP contribution in [0.15, 0.2) is 54.7 Å². The van der Waals surface area contributed by atoms with Gasteiger partial charge in [0.25, 0.3) is 5.91 Å². The zero-order chi connectivity index (χ0) is 22.5. The van der Waals surface area contributed by atoms with Crippen LogP contribution in [-0.4, -0.2) is 33.9 Å². The van der Waals surface area contributed by atoms with E-state index in [4.69, 9.17) is 4.98 Å². The average molecular weight is 433 g/mol. The van der Waals surface area contributed by atoms with Crippen molar-refractivity contribution in [1.29, 1.82) is 0 Å². The molecule has 0 aliphatic carbocycles. The smallest absolute Gasteiger partial charge is 0.254 e. The maximum absolute atomic E-state index is 13.0. The van der Waals surface area contributed by atoms with Crippen molar-refractivity contribution in [3.8, 4) is 0 Å². The molecule has 1 aromatic heterocycles. The van der Waals surface area contributed by atoms with E-state index in [9.17, 15) is 9.18 Å². The van der Waals surface area contributed by atoms with Crippen molar-refractivity contribution in [1.82, 2.24) is 20.2 Å². The molecule has 1 aliphatic heterocycles. The first-order valence-corrected chi connectivity index (χ1v) is 11.1. The van der Waals surface area contributed by atoms with Crippen molar-refractivity contribution in [2.45, 2.75) is 45.7 Å². The zero-order valence-corrected chi connectivity index (χ0v) is 18.6. The maximum atomic E-state index is 13.0. The van der Waals surface area contributed by atoms with Crippen molar-refractivity contribution in [2.24, 2.45) is 0 Å². The Morgan fingerprint density at radius 1 is 1.16 bits per heavy atom. The minimum absolute atomic E-state index is 0.219.